The van der Waals surface area contributed by atoms with Crippen molar-refractivity contribution in [1.82, 2.24) is 5.32 Å². The average molecular weight is 209 g/mol. The fraction of sp³-hybridized carbons (Fsp3) is 0.545. The van der Waals surface area contributed by atoms with E-state index >= 15 is 0 Å². The SMILES string of the molecule is O=C(NCC1CCOCC1)c1ccco1. The minimum atomic E-state index is -0.133. The fourth-order valence-corrected chi connectivity index (χ4v) is 1.68. The molecule has 1 aliphatic rings. The molecule has 15 heavy (non-hydrogen) atoms. The number of hydrogen-bond acceptors (Lipinski definition) is 3. The van der Waals surface area contributed by atoms with Gasteiger partial charge in [-0.1, -0.05) is 0 Å². The van der Waals surface area contributed by atoms with Crippen LogP contribution in [0.2, 0.25) is 0 Å². The first-order valence-electron chi connectivity index (χ1n) is 5.25. The van der Waals surface area contributed by atoms with Gasteiger partial charge in [-0.3, -0.25) is 4.79 Å². The number of rotatable bonds is 3. The number of furan rings is 1. The molecule has 2 heterocycles. The normalized spacial score (nSPS) is 17.6. The van der Waals surface area contributed by atoms with Gasteiger partial charge < -0.3 is 14.5 Å². The van der Waals surface area contributed by atoms with E-state index in [1.165, 1.54) is 6.26 Å². The molecule has 0 saturated carbocycles. The summed E-state index contributed by atoms with van der Waals surface area (Å²) in [6.07, 6.45) is 3.56. The van der Waals surface area contributed by atoms with Gasteiger partial charge >= 0.3 is 0 Å². The third kappa shape index (κ3) is 2.83. The van der Waals surface area contributed by atoms with Crippen molar-refractivity contribution in [3.63, 3.8) is 0 Å². The zero-order valence-corrected chi connectivity index (χ0v) is 8.57. The summed E-state index contributed by atoms with van der Waals surface area (Å²) in [5.41, 5.74) is 0. The molecule has 0 atom stereocenters. The van der Waals surface area contributed by atoms with Crippen LogP contribution in [0.4, 0.5) is 0 Å². The van der Waals surface area contributed by atoms with Crippen molar-refractivity contribution in [2.75, 3.05) is 19.8 Å². The summed E-state index contributed by atoms with van der Waals surface area (Å²) in [5.74, 6) is 0.784. The summed E-state index contributed by atoms with van der Waals surface area (Å²) in [7, 11) is 0. The minimum absolute atomic E-state index is 0.133. The summed E-state index contributed by atoms with van der Waals surface area (Å²) in [4.78, 5) is 11.5. The van der Waals surface area contributed by atoms with Crippen molar-refractivity contribution in [3.8, 4) is 0 Å². The Morgan fingerprint density at radius 3 is 2.93 bits per heavy atom. The van der Waals surface area contributed by atoms with Crippen LogP contribution < -0.4 is 5.32 Å². The third-order valence-electron chi connectivity index (χ3n) is 2.64. The van der Waals surface area contributed by atoms with Crippen molar-refractivity contribution in [1.29, 1.82) is 0 Å². The first-order chi connectivity index (χ1) is 7.36. The van der Waals surface area contributed by atoms with Crippen LogP contribution in [0.25, 0.3) is 0 Å². The molecule has 0 spiro atoms. The lowest BCUT2D eigenvalue weighted by molar-refractivity contribution is 0.0639. The molecule has 1 aromatic heterocycles. The molecule has 1 aromatic rings. The van der Waals surface area contributed by atoms with Crippen LogP contribution in [-0.4, -0.2) is 25.7 Å². The number of ether oxygens (including phenoxy) is 1. The van der Waals surface area contributed by atoms with Gasteiger partial charge in [-0.25, -0.2) is 0 Å². The molecule has 0 radical (unpaired) electrons. The highest BCUT2D eigenvalue weighted by Gasteiger charge is 2.15. The zero-order chi connectivity index (χ0) is 10.5. The molecule has 1 amide bonds. The lowest BCUT2D eigenvalue weighted by atomic mass is 10.0. The Hall–Kier alpha value is -1.29. The molecule has 82 valence electrons. The Kier molecular flexibility index (Phi) is 3.40. The molecule has 4 heteroatoms. The standard InChI is InChI=1S/C11H15NO3/c13-11(10-2-1-5-15-10)12-8-9-3-6-14-7-4-9/h1-2,5,9H,3-4,6-8H2,(H,12,13). The van der Waals surface area contributed by atoms with Gasteiger partial charge in [0.2, 0.25) is 0 Å². The van der Waals surface area contributed by atoms with Crippen molar-refractivity contribution >= 4 is 5.91 Å². The molecule has 4 nitrogen and oxygen atoms in total. The van der Waals surface area contributed by atoms with Gasteiger partial charge in [-0.2, -0.15) is 0 Å². The van der Waals surface area contributed by atoms with Crippen LogP contribution in [0.15, 0.2) is 22.8 Å². The Morgan fingerprint density at radius 1 is 1.47 bits per heavy atom. The molecule has 0 bridgehead atoms. The average Bonchev–Trinajstić information content (AvgIpc) is 2.81. The predicted molar refractivity (Wildman–Crippen MR) is 54.6 cm³/mol. The molecule has 1 aliphatic heterocycles. The van der Waals surface area contributed by atoms with E-state index < -0.39 is 0 Å². The fourth-order valence-electron chi connectivity index (χ4n) is 1.68. The van der Waals surface area contributed by atoms with Crippen LogP contribution in [0.3, 0.4) is 0 Å². The molecule has 0 aromatic carbocycles. The molecule has 1 N–H and O–H groups in total. The van der Waals surface area contributed by atoms with Crippen molar-refractivity contribution < 1.29 is 13.9 Å². The van der Waals surface area contributed by atoms with Crippen LogP contribution in [0.5, 0.6) is 0 Å². The lowest BCUT2D eigenvalue weighted by Crippen LogP contribution is -2.31. The Morgan fingerprint density at radius 2 is 2.27 bits per heavy atom. The van der Waals surface area contributed by atoms with Crippen LogP contribution in [-0.2, 0) is 4.74 Å². The summed E-state index contributed by atoms with van der Waals surface area (Å²) in [6, 6.07) is 3.38. The van der Waals surface area contributed by atoms with Crippen LogP contribution in [0.1, 0.15) is 23.4 Å². The quantitative estimate of drug-likeness (QED) is 0.819. The second kappa shape index (κ2) is 4.98. The minimum Gasteiger partial charge on any atom is -0.459 e. The Bertz CT molecular complexity index is 302. The molecule has 0 aliphatic carbocycles. The third-order valence-corrected chi connectivity index (χ3v) is 2.64. The van der Waals surface area contributed by atoms with Crippen LogP contribution >= 0.6 is 0 Å². The number of hydrogen-bond donors (Lipinski definition) is 1. The van der Waals surface area contributed by atoms with E-state index in [2.05, 4.69) is 5.32 Å². The molecular formula is C11H15NO3. The zero-order valence-electron chi connectivity index (χ0n) is 8.57. The van der Waals surface area contributed by atoms with Gasteiger partial charge in [0.1, 0.15) is 0 Å². The highest BCUT2D eigenvalue weighted by molar-refractivity contribution is 5.91. The van der Waals surface area contributed by atoms with E-state index in [1.54, 1.807) is 12.1 Å². The smallest absolute Gasteiger partial charge is 0.286 e. The number of nitrogens with one attached hydrogen (secondary N) is 1. The van der Waals surface area contributed by atoms with Crippen molar-refractivity contribution in [2.24, 2.45) is 5.92 Å². The highest BCUT2D eigenvalue weighted by atomic mass is 16.5. The topological polar surface area (TPSA) is 51.5 Å². The largest absolute Gasteiger partial charge is 0.459 e. The molecule has 1 fully saturated rings. The number of carbonyl (C=O) groups is 1. The van der Waals surface area contributed by atoms with Crippen molar-refractivity contribution in [3.05, 3.63) is 24.2 Å². The maximum atomic E-state index is 11.5. The monoisotopic (exact) mass is 209 g/mol. The van der Waals surface area contributed by atoms with Crippen LogP contribution in [0, 0.1) is 5.92 Å². The van der Waals surface area contributed by atoms with E-state index in [9.17, 15) is 4.79 Å². The van der Waals surface area contributed by atoms with Gasteiger partial charge in [-0.15, -0.1) is 0 Å². The lowest BCUT2D eigenvalue weighted by Gasteiger charge is -2.21. The summed E-state index contributed by atoms with van der Waals surface area (Å²) >= 11 is 0. The Balaban J connectivity index is 1.75. The van der Waals surface area contributed by atoms with E-state index in [1.807, 2.05) is 0 Å². The summed E-state index contributed by atoms with van der Waals surface area (Å²) in [6.45, 7) is 2.32. The maximum Gasteiger partial charge on any atom is 0.286 e. The molecule has 1 saturated heterocycles. The van der Waals surface area contributed by atoms with E-state index in [4.69, 9.17) is 9.15 Å². The number of carbonyl (C=O) groups excluding carboxylic acids is 1. The first kappa shape index (κ1) is 10.2. The number of amides is 1. The first-order valence-corrected chi connectivity index (χ1v) is 5.25. The summed E-state index contributed by atoms with van der Waals surface area (Å²) < 4.78 is 10.2. The Labute approximate surface area is 88.6 Å². The molecule has 2 rings (SSSR count). The van der Waals surface area contributed by atoms with Crippen molar-refractivity contribution in [2.45, 2.75) is 12.8 Å². The molecular weight excluding hydrogens is 194 g/mol. The van der Waals surface area contributed by atoms with E-state index in [0.29, 0.717) is 18.2 Å². The van der Waals surface area contributed by atoms with E-state index in [0.717, 1.165) is 26.1 Å². The predicted octanol–water partition coefficient (Wildman–Crippen LogP) is 1.44. The van der Waals surface area contributed by atoms with Gasteiger partial charge in [0.15, 0.2) is 5.76 Å². The van der Waals surface area contributed by atoms with Gasteiger partial charge in [0.25, 0.3) is 5.91 Å². The highest BCUT2D eigenvalue weighted by Crippen LogP contribution is 2.13. The van der Waals surface area contributed by atoms with Gasteiger partial charge in [0.05, 0.1) is 6.26 Å². The molecule has 0 unspecified atom stereocenters. The van der Waals surface area contributed by atoms with Gasteiger partial charge in [-0.05, 0) is 30.9 Å². The van der Waals surface area contributed by atoms with Gasteiger partial charge in [0, 0.05) is 19.8 Å². The second-order valence-electron chi connectivity index (χ2n) is 3.74. The second-order valence-corrected chi connectivity index (χ2v) is 3.74. The van der Waals surface area contributed by atoms with E-state index in [-0.39, 0.29) is 5.91 Å². The summed E-state index contributed by atoms with van der Waals surface area (Å²) in [5, 5.41) is 2.87. The maximum absolute atomic E-state index is 11.5.